The SMILES string of the molecule is Cl.O=S(=O)(c1ccc(Cl)c(C(F)(F)F)c1)N1CCNCC1. The van der Waals surface area contributed by atoms with Crippen molar-refractivity contribution in [1.29, 1.82) is 0 Å². The molecule has 1 fully saturated rings. The molecule has 1 heterocycles. The van der Waals surface area contributed by atoms with E-state index in [4.69, 9.17) is 11.6 Å². The number of piperazine rings is 1. The van der Waals surface area contributed by atoms with E-state index in [0.717, 1.165) is 16.4 Å². The molecule has 0 aromatic heterocycles. The van der Waals surface area contributed by atoms with Crippen LogP contribution in [0.3, 0.4) is 0 Å². The summed E-state index contributed by atoms with van der Waals surface area (Å²) in [4.78, 5) is -0.392. The van der Waals surface area contributed by atoms with E-state index in [1.54, 1.807) is 0 Å². The number of alkyl halides is 3. The summed E-state index contributed by atoms with van der Waals surface area (Å²) in [6.07, 6.45) is -4.69. The van der Waals surface area contributed by atoms with Gasteiger partial charge in [0.2, 0.25) is 10.0 Å². The van der Waals surface area contributed by atoms with Gasteiger partial charge in [-0.25, -0.2) is 8.42 Å². The molecular formula is C11H13Cl2F3N2O2S. The van der Waals surface area contributed by atoms with E-state index in [9.17, 15) is 21.6 Å². The van der Waals surface area contributed by atoms with Crippen LogP contribution >= 0.6 is 24.0 Å². The molecule has 0 saturated carbocycles. The fraction of sp³-hybridized carbons (Fsp3) is 0.455. The number of hydrogen-bond acceptors (Lipinski definition) is 3. The molecule has 10 heteroatoms. The minimum atomic E-state index is -4.69. The van der Waals surface area contributed by atoms with Gasteiger partial charge in [0.15, 0.2) is 0 Å². The Bertz CT molecular complexity index is 602. The Hall–Kier alpha value is -0.540. The van der Waals surface area contributed by atoms with Crippen molar-refractivity contribution < 1.29 is 21.6 Å². The van der Waals surface area contributed by atoms with Crippen LogP contribution in [-0.2, 0) is 16.2 Å². The highest BCUT2D eigenvalue weighted by molar-refractivity contribution is 7.89. The second-order valence-electron chi connectivity index (χ2n) is 4.29. The average molecular weight is 365 g/mol. The van der Waals surface area contributed by atoms with Gasteiger partial charge in [-0.1, -0.05) is 11.6 Å². The van der Waals surface area contributed by atoms with Crippen molar-refractivity contribution in [1.82, 2.24) is 9.62 Å². The van der Waals surface area contributed by atoms with Gasteiger partial charge in [-0.05, 0) is 18.2 Å². The van der Waals surface area contributed by atoms with E-state index in [1.165, 1.54) is 0 Å². The maximum atomic E-state index is 12.8. The van der Waals surface area contributed by atoms with Gasteiger partial charge in [0, 0.05) is 26.2 Å². The summed E-state index contributed by atoms with van der Waals surface area (Å²) in [5, 5.41) is 2.46. The van der Waals surface area contributed by atoms with Crippen molar-refractivity contribution >= 4 is 34.0 Å². The van der Waals surface area contributed by atoms with Crippen LogP contribution < -0.4 is 5.32 Å². The molecule has 0 amide bonds. The van der Waals surface area contributed by atoms with Crippen LogP contribution in [-0.4, -0.2) is 38.9 Å². The van der Waals surface area contributed by atoms with E-state index in [2.05, 4.69) is 5.32 Å². The molecule has 0 unspecified atom stereocenters. The first-order chi connectivity index (χ1) is 9.23. The predicted octanol–water partition coefficient (Wildman–Crippen LogP) is 2.37. The van der Waals surface area contributed by atoms with Gasteiger partial charge in [0.05, 0.1) is 15.5 Å². The number of sulfonamides is 1. The summed E-state index contributed by atoms with van der Waals surface area (Å²) in [7, 11) is -3.93. The Balaban J connectivity index is 0.00000220. The smallest absolute Gasteiger partial charge is 0.314 e. The Morgan fingerprint density at radius 3 is 2.29 bits per heavy atom. The molecule has 1 N–H and O–H groups in total. The second kappa shape index (κ2) is 6.70. The first kappa shape index (κ1) is 18.5. The van der Waals surface area contributed by atoms with Gasteiger partial charge >= 0.3 is 6.18 Å². The highest BCUT2D eigenvalue weighted by atomic mass is 35.5. The molecule has 0 aliphatic carbocycles. The fourth-order valence-corrected chi connectivity index (χ4v) is 3.61. The summed E-state index contributed by atoms with van der Waals surface area (Å²) >= 11 is 5.48. The monoisotopic (exact) mass is 364 g/mol. The zero-order chi connectivity index (χ0) is 15.0. The van der Waals surface area contributed by atoms with E-state index in [1.807, 2.05) is 0 Å². The molecular weight excluding hydrogens is 352 g/mol. The molecule has 1 saturated heterocycles. The summed E-state index contributed by atoms with van der Waals surface area (Å²) in [6.45, 7) is 1.40. The van der Waals surface area contributed by atoms with Gasteiger partial charge < -0.3 is 5.32 Å². The lowest BCUT2D eigenvalue weighted by Gasteiger charge is -2.26. The third-order valence-corrected chi connectivity index (χ3v) is 5.18. The first-order valence-electron chi connectivity index (χ1n) is 5.80. The summed E-state index contributed by atoms with van der Waals surface area (Å²) in [6, 6.07) is 2.63. The molecule has 0 spiro atoms. The molecule has 21 heavy (non-hydrogen) atoms. The zero-order valence-corrected chi connectivity index (χ0v) is 13.0. The molecule has 1 aromatic carbocycles. The van der Waals surface area contributed by atoms with Crippen molar-refractivity contribution in [2.24, 2.45) is 0 Å². The topological polar surface area (TPSA) is 49.4 Å². The second-order valence-corrected chi connectivity index (χ2v) is 6.64. The first-order valence-corrected chi connectivity index (χ1v) is 7.62. The van der Waals surface area contributed by atoms with Gasteiger partial charge in [-0.3, -0.25) is 0 Å². The lowest BCUT2D eigenvalue weighted by atomic mass is 10.2. The predicted molar refractivity (Wildman–Crippen MR) is 75.3 cm³/mol. The minimum Gasteiger partial charge on any atom is -0.314 e. The zero-order valence-electron chi connectivity index (χ0n) is 10.7. The van der Waals surface area contributed by atoms with Crippen molar-refractivity contribution in [2.45, 2.75) is 11.1 Å². The molecule has 2 rings (SSSR count). The minimum absolute atomic E-state index is 0. The van der Waals surface area contributed by atoms with E-state index in [-0.39, 0.29) is 25.5 Å². The lowest BCUT2D eigenvalue weighted by molar-refractivity contribution is -0.137. The van der Waals surface area contributed by atoms with Crippen LogP contribution in [0, 0.1) is 0 Å². The van der Waals surface area contributed by atoms with E-state index < -0.39 is 31.7 Å². The molecule has 0 radical (unpaired) electrons. The van der Waals surface area contributed by atoms with Crippen LogP contribution in [0.2, 0.25) is 5.02 Å². The lowest BCUT2D eigenvalue weighted by Crippen LogP contribution is -2.46. The van der Waals surface area contributed by atoms with Gasteiger partial charge in [-0.2, -0.15) is 17.5 Å². The normalized spacial score (nSPS) is 17.3. The van der Waals surface area contributed by atoms with Crippen LogP contribution in [0.1, 0.15) is 5.56 Å². The maximum absolute atomic E-state index is 12.8. The van der Waals surface area contributed by atoms with Gasteiger partial charge in [0.25, 0.3) is 0 Å². The Morgan fingerprint density at radius 1 is 1.19 bits per heavy atom. The van der Waals surface area contributed by atoms with Crippen LogP contribution in [0.4, 0.5) is 13.2 Å². The Morgan fingerprint density at radius 2 is 1.76 bits per heavy atom. The number of hydrogen-bond donors (Lipinski definition) is 1. The molecule has 1 aliphatic heterocycles. The fourth-order valence-electron chi connectivity index (χ4n) is 1.92. The standard InChI is InChI=1S/C11H12ClF3N2O2S.ClH/c12-10-2-1-8(7-9(10)11(13,14)15)20(18,19)17-5-3-16-4-6-17;/h1-2,7,16H,3-6H2;1H. The molecule has 120 valence electrons. The number of halogens is 5. The van der Waals surface area contributed by atoms with E-state index in [0.29, 0.717) is 19.2 Å². The summed E-state index contributed by atoms with van der Waals surface area (Å²) < 4.78 is 64.0. The summed E-state index contributed by atoms with van der Waals surface area (Å²) in [5.41, 5.74) is -1.14. The third kappa shape index (κ3) is 4.01. The van der Waals surface area contributed by atoms with Crippen LogP contribution in [0.5, 0.6) is 0 Å². The van der Waals surface area contributed by atoms with Crippen LogP contribution in [0.15, 0.2) is 23.1 Å². The highest BCUT2D eigenvalue weighted by Crippen LogP contribution is 2.36. The molecule has 1 aliphatic rings. The number of rotatable bonds is 2. The molecule has 4 nitrogen and oxygen atoms in total. The third-order valence-electron chi connectivity index (χ3n) is 2.96. The molecule has 0 atom stereocenters. The maximum Gasteiger partial charge on any atom is 0.417 e. The van der Waals surface area contributed by atoms with Gasteiger partial charge in [0.1, 0.15) is 0 Å². The molecule has 0 bridgehead atoms. The Kier molecular flexibility index (Phi) is 5.91. The van der Waals surface area contributed by atoms with Crippen LogP contribution in [0.25, 0.3) is 0 Å². The van der Waals surface area contributed by atoms with E-state index >= 15 is 0 Å². The number of nitrogens with one attached hydrogen (secondary N) is 1. The largest absolute Gasteiger partial charge is 0.417 e. The molecule has 1 aromatic rings. The van der Waals surface area contributed by atoms with Crippen molar-refractivity contribution in [3.63, 3.8) is 0 Å². The highest BCUT2D eigenvalue weighted by Gasteiger charge is 2.35. The van der Waals surface area contributed by atoms with Crippen molar-refractivity contribution in [2.75, 3.05) is 26.2 Å². The Labute approximate surface area is 131 Å². The number of nitrogens with zero attached hydrogens (tertiary/aromatic N) is 1. The van der Waals surface area contributed by atoms with Gasteiger partial charge in [-0.15, -0.1) is 12.4 Å². The van der Waals surface area contributed by atoms with Crippen molar-refractivity contribution in [3.05, 3.63) is 28.8 Å². The quantitative estimate of drug-likeness (QED) is 0.876. The van der Waals surface area contributed by atoms with Crippen molar-refractivity contribution in [3.8, 4) is 0 Å². The average Bonchev–Trinajstić information content (AvgIpc) is 2.38. The summed E-state index contributed by atoms with van der Waals surface area (Å²) in [5.74, 6) is 0. The number of benzene rings is 1.